The van der Waals surface area contributed by atoms with E-state index in [1.165, 1.54) is 20.3 Å². The van der Waals surface area contributed by atoms with Crippen molar-refractivity contribution < 1.29 is 9.63 Å². The first-order valence-corrected chi connectivity index (χ1v) is 13.5. The van der Waals surface area contributed by atoms with Crippen molar-refractivity contribution in [2.45, 2.75) is 50.8 Å². The van der Waals surface area contributed by atoms with Gasteiger partial charge in [0.1, 0.15) is 0 Å². The topological polar surface area (TPSA) is 32.7 Å². The summed E-state index contributed by atoms with van der Waals surface area (Å²) in [7, 11) is -2.65. The number of hydrogen-bond acceptors (Lipinski definition) is 4. The second-order valence-corrected chi connectivity index (χ2v) is 14.3. The van der Waals surface area contributed by atoms with Crippen molar-refractivity contribution in [3.05, 3.63) is 83.1 Å². The first-order chi connectivity index (χ1) is 14.4. The lowest BCUT2D eigenvalue weighted by Gasteiger charge is -2.48. The van der Waals surface area contributed by atoms with E-state index in [-0.39, 0.29) is 17.2 Å². The third-order valence-electron chi connectivity index (χ3n) is 6.13. The van der Waals surface area contributed by atoms with Crippen LogP contribution >= 0.6 is 11.3 Å². The molecule has 3 nitrogen and oxygen atoms in total. The van der Waals surface area contributed by atoms with Gasteiger partial charge in [0.05, 0.1) is 12.1 Å². The molecule has 1 saturated heterocycles. The number of hydroxylamine groups is 2. The van der Waals surface area contributed by atoms with E-state index in [1.807, 2.05) is 0 Å². The van der Waals surface area contributed by atoms with E-state index in [9.17, 15) is 5.21 Å². The average Bonchev–Trinajstić information content (AvgIpc) is 3.27. The van der Waals surface area contributed by atoms with Crippen molar-refractivity contribution in [1.82, 2.24) is 5.06 Å². The van der Waals surface area contributed by atoms with Gasteiger partial charge in [-0.1, -0.05) is 87.5 Å². The molecule has 0 aliphatic carbocycles. The van der Waals surface area contributed by atoms with Gasteiger partial charge in [0.15, 0.2) is 0 Å². The summed E-state index contributed by atoms with van der Waals surface area (Å²) in [5.41, 5.74) is 0. The second kappa shape index (κ2) is 8.77. The zero-order valence-electron chi connectivity index (χ0n) is 18.0. The number of nitrogens with zero attached hydrogens (tertiary/aromatic N) is 1. The lowest BCUT2D eigenvalue weighted by molar-refractivity contribution is -0.172. The number of hydrogen-bond donors (Lipinski definition) is 1. The van der Waals surface area contributed by atoms with E-state index in [2.05, 4.69) is 98.9 Å². The summed E-state index contributed by atoms with van der Waals surface area (Å²) >= 11 is 1.70. The molecule has 0 spiro atoms. The predicted octanol–water partition coefficient (Wildman–Crippen LogP) is 5.22. The molecule has 5 heteroatoms. The fourth-order valence-electron chi connectivity index (χ4n) is 4.77. The van der Waals surface area contributed by atoms with Crippen LogP contribution in [0.4, 0.5) is 0 Å². The Bertz CT molecular complexity index is 885. The Balaban J connectivity index is 1.86. The van der Waals surface area contributed by atoms with Crippen molar-refractivity contribution in [2.24, 2.45) is 0 Å². The van der Waals surface area contributed by atoms with Crippen molar-refractivity contribution in [3.8, 4) is 0 Å². The van der Waals surface area contributed by atoms with Crippen LogP contribution in [0.1, 0.15) is 44.5 Å². The molecule has 0 saturated carbocycles. The van der Waals surface area contributed by atoms with E-state index >= 15 is 0 Å². The molecule has 1 fully saturated rings. The van der Waals surface area contributed by atoms with Crippen LogP contribution in [-0.4, -0.2) is 31.2 Å². The zero-order chi connectivity index (χ0) is 21.2. The highest BCUT2D eigenvalue weighted by Crippen LogP contribution is 2.42. The van der Waals surface area contributed by atoms with Gasteiger partial charge in [0, 0.05) is 11.4 Å². The Morgan fingerprint density at radius 1 is 0.933 bits per heavy atom. The number of piperidine rings is 1. The minimum Gasteiger partial charge on any atom is -0.402 e. The van der Waals surface area contributed by atoms with Crippen LogP contribution in [0.5, 0.6) is 0 Å². The molecule has 1 aromatic heterocycles. The summed E-state index contributed by atoms with van der Waals surface area (Å²) in [6, 6.07) is 25.6. The summed E-state index contributed by atoms with van der Waals surface area (Å²) < 4.78 is 7.37. The molecule has 0 unspecified atom stereocenters. The first kappa shape index (κ1) is 21.5. The van der Waals surface area contributed by atoms with Crippen molar-refractivity contribution in [3.63, 3.8) is 0 Å². The molecule has 2 aromatic carbocycles. The Kier molecular flexibility index (Phi) is 6.28. The average molecular weight is 438 g/mol. The Morgan fingerprint density at radius 2 is 1.53 bits per heavy atom. The summed E-state index contributed by atoms with van der Waals surface area (Å²) in [4.78, 5) is 1.17. The van der Waals surface area contributed by atoms with E-state index in [0.717, 1.165) is 12.8 Å². The van der Waals surface area contributed by atoms with Gasteiger partial charge in [-0.05, 0) is 39.7 Å². The van der Waals surface area contributed by atoms with Crippen LogP contribution in [0, 0.1) is 0 Å². The highest BCUT2D eigenvalue weighted by Gasteiger charge is 2.53. The summed E-state index contributed by atoms with van der Waals surface area (Å²) in [6.07, 6.45) is 1.82. The van der Waals surface area contributed by atoms with Gasteiger partial charge < -0.3 is 9.63 Å². The minimum absolute atomic E-state index is 0.0614. The van der Waals surface area contributed by atoms with Crippen molar-refractivity contribution in [2.75, 3.05) is 6.54 Å². The molecule has 158 valence electrons. The third-order valence-corrected chi connectivity index (χ3v) is 12.1. The molecule has 1 N–H and O–H groups in total. The second-order valence-electron chi connectivity index (χ2n) is 9.09. The molecule has 0 radical (unpaired) electrons. The van der Waals surface area contributed by atoms with Crippen molar-refractivity contribution in [1.29, 1.82) is 0 Å². The van der Waals surface area contributed by atoms with E-state index in [0.29, 0.717) is 6.54 Å². The molecule has 30 heavy (non-hydrogen) atoms. The minimum atomic E-state index is -2.65. The van der Waals surface area contributed by atoms with Crippen LogP contribution in [0.25, 0.3) is 0 Å². The van der Waals surface area contributed by atoms with Gasteiger partial charge in [-0.2, -0.15) is 5.06 Å². The van der Waals surface area contributed by atoms with Crippen LogP contribution < -0.4 is 10.4 Å². The van der Waals surface area contributed by atoms with Gasteiger partial charge in [-0.15, -0.1) is 11.3 Å². The molecular formula is C25H31NO2SSi. The Labute approximate surface area is 185 Å². The fourth-order valence-corrected chi connectivity index (χ4v) is 10.4. The maximum absolute atomic E-state index is 10.8. The van der Waals surface area contributed by atoms with E-state index in [1.54, 1.807) is 11.3 Å². The maximum atomic E-state index is 10.8. The predicted molar refractivity (Wildman–Crippen MR) is 127 cm³/mol. The van der Waals surface area contributed by atoms with E-state index < -0.39 is 8.32 Å². The maximum Gasteiger partial charge on any atom is 0.261 e. The summed E-state index contributed by atoms with van der Waals surface area (Å²) in [6.45, 7) is 7.60. The lowest BCUT2D eigenvalue weighted by atomic mass is 10.00. The van der Waals surface area contributed by atoms with Gasteiger partial charge in [0.2, 0.25) is 0 Å². The third kappa shape index (κ3) is 3.93. The largest absolute Gasteiger partial charge is 0.402 e. The van der Waals surface area contributed by atoms with Crippen LogP contribution in [0.3, 0.4) is 0 Å². The number of rotatable bonds is 5. The Morgan fingerprint density at radius 3 is 2.03 bits per heavy atom. The Hall–Kier alpha value is -1.76. The molecule has 2 atom stereocenters. The number of thiophene rings is 1. The normalized spacial score (nSPS) is 20.9. The van der Waals surface area contributed by atoms with Gasteiger partial charge in [-0.3, -0.25) is 0 Å². The van der Waals surface area contributed by atoms with Crippen LogP contribution in [0.15, 0.2) is 78.2 Å². The SMILES string of the molecule is CC(C)(C)[Si](O[C@H]1CCCN(O)[C@@H]1c1cccs1)(c1ccccc1)c1ccccc1. The molecule has 4 rings (SSSR count). The van der Waals surface area contributed by atoms with Crippen LogP contribution in [0.2, 0.25) is 5.04 Å². The van der Waals surface area contributed by atoms with Gasteiger partial charge in [-0.25, -0.2) is 0 Å². The standard InChI is InChI=1S/C25H31NO2SSi/c1-25(2,3)30(20-12-6-4-7-13-20,21-14-8-5-9-15-21)28-22-16-10-18-26(27)24(22)23-17-11-19-29-23/h4-9,11-15,17,19,22,24,27H,10,16,18H2,1-3H3/t22-,24-/m0/s1. The smallest absolute Gasteiger partial charge is 0.261 e. The fraction of sp³-hybridized carbons (Fsp3) is 0.360. The molecule has 1 aliphatic rings. The zero-order valence-corrected chi connectivity index (χ0v) is 19.8. The first-order valence-electron chi connectivity index (χ1n) is 10.7. The van der Waals surface area contributed by atoms with Gasteiger partial charge in [0.25, 0.3) is 8.32 Å². The quantitative estimate of drug-likeness (QED) is 0.556. The molecule has 3 aromatic rings. The molecular weight excluding hydrogens is 406 g/mol. The van der Waals surface area contributed by atoms with Crippen molar-refractivity contribution >= 4 is 30.0 Å². The molecule has 0 amide bonds. The highest BCUT2D eigenvalue weighted by atomic mass is 32.1. The molecule has 2 heterocycles. The molecule has 0 bridgehead atoms. The monoisotopic (exact) mass is 437 g/mol. The summed E-state index contributed by atoms with van der Waals surface area (Å²) in [5, 5.41) is 16.9. The molecule has 1 aliphatic heterocycles. The highest BCUT2D eigenvalue weighted by molar-refractivity contribution is 7.10. The lowest BCUT2D eigenvalue weighted by Crippen LogP contribution is -2.68. The van der Waals surface area contributed by atoms with E-state index in [4.69, 9.17) is 4.43 Å². The van der Waals surface area contributed by atoms with Gasteiger partial charge >= 0.3 is 0 Å². The number of benzene rings is 2. The summed E-state index contributed by atoms with van der Waals surface area (Å²) in [5.74, 6) is 0. The van der Waals surface area contributed by atoms with Crippen LogP contribution in [-0.2, 0) is 4.43 Å².